The lowest BCUT2D eigenvalue weighted by molar-refractivity contribution is 0.823. The summed E-state index contributed by atoms with van der Waals surface area (Å²) in [5, 5.41) is 3.79. The first kappa shape index (κ1) is 11.9. The summed E-state index contributed by atoms with van der Waals surface area (Å²) in [5.41, 5.74) is 2.74. The molecule has 0 fully saturated rings. The number of fused-ring (bicyclic) bond motifs is 1. The molecule has 1 N–H and O–H groups in total. The Bertz CT molecular complexity index is 705. The van der Waals surface area contributed by atoms with Crippen LogP contribution in [0.4, 0.5) is 5.82 Å². The summed E-state index contributed by atoms with van der Waals surface area (Å²) in [6, 6.07) is 7.75. The molecule has 0 amide bonds. The van der Waals surface area contributed by atoms with E-state index in [0.717, 1.165) is 21.9 Å². The zero-order chi connectivity index (χ0) is 13.2. The fraction of sp³-hybridized carbons (Fsp3) is 0.154. The number of benzene rings is 1. The smallest absolute Gasteiger partial charge is 0.182 e. The van der Waals surface area contributed by atoms with E-state index in [2.05, 4.69) is 20.3 Å². The molecule has 0 saturated carbocycles. The molecule has 0 spiro atoms. The van der Waals surface area contributed by atoms with Crippen LogP contribution in [0, 0.1) is 0 Å². The maximum Gasteiger partial charge on any atom is 0.182 e. The van der Waals surface area contributed by atoms with Gasteiger partial charge < -0.3 is 9.88 Å². The van der Waals surface area contributed by atoms with Gasteiger partial charge in [0.05, 0.1) is 6.33 Å². The molecule has 0 aliphatic carbocycles. The Balaban J connectivity index is 2.03. The molecule has 0 atom stereocenters. The van der Waals surface area contributed by atoms with Crippen LogP contribution in [-0.4, -0.2) is 26.6 Å². The van der Waals surface area contributed by atoms with Gasteiger partial charge in [-0.2, -0.15) is 0 Å². The predicted octanol–water partition coefficient (Wildman–Crippen LogP) is 2.57. The van der Waals surface area contributed by atoms with Gasteiger partial charge in [-0.25, -0.2) is 15.0 Å². The van der Waals surface area contributed by atoms with Gasteiger partial charge in [0.25, 0.3) is 0 Å². The number of nitrogens with one attached hydrogen (secondary N) is 1. The Labute approximate surface area is 115 Å². The van der Waals surface area contributed by atoms with Crippen LogP contribution in [0.2, 0.25) is 5.02 Å². The second-order valence-electron chi connectivity index (χ2n) is 4.14. The van der Waals surface area contributed by atoms with Crippen LogP contribution < -0.4 is 5.32 Å². The van der Waals surface area contributed by atoms with Crippen LogP contribution in [0.3, 0.4) is 0 Å². The summed E-state index contributed by atoms with van der Waals surface area (Å²) in [6.45, 7) is 0.704. The van der Waals surface area contributed by atoms with Crippen LogP contribution in [0.5, 0.6) is 0 Å². The second kappa shape index (κ2) is 4.85. The first-order valence-electron chi connectivity index (χ1n) is 5.86. The third kappa shape index (κ3) is 2.24. The van der Waals surface area contributed by atoms with Crippen molar-refractivity contribution >= 4 is 28.6 Å². The van der Waals surface area contributed by atoms with Crippen molar-refractivity contribution in [2.75, 3.05) is 12.4 Å². The minimum atomic E-state index is 0.688. The second-order valence-corrected chi connectivity index (χ2v) is 4.58. The van der Waals surface area contributed by atoms with Gasteiger partial charge in [0.2, 0.25) is 0 Å². The standard InChI is InChI=1S/C13H12ClN5/c1-15-12-11-13(17-7-16-12)18-8-19(11)6-9-2-4-10(14)5-3-9/h2-5,7-8H,6H2,1H3,(H,15,16,17). The minimum Gasteiger partial charge on any atom is -0.371 e. The molecule has 0 aliphatic heterocycles. The van der Waals surface area contributed by atoms with Crippen molar-refractivity contribution in [2.24, 2.45) is 0 Å². The number of halogens is 1. The quantitative estimate of drug-likeness (QED) is 0.797. The molecule has 0 saturated heterocycles. The molecule has 0 bridgehead atoms. The highest BCUT2D eigenvalue weighted by molar-refractivity contribution is 6.30. The zero-order valence-electron chi connectivity index (χ0n) is 10.3. The van der Waals surface area contributed by atoms with Gasteiger partial charge in [-0.1, -0.05) is 23.7 Å². The molecular formula is C13H12ClN5. The zero-order valence-corrected chi connectivity index (χ0v) is 11.1. The molecule has 0 radical (unpaired) electrons. The fourth-order valence-electron chi connectivity index (χ4n) is 2.00. The molecule has 19 heavy (non-hydrogen) atoms. The molecule has 5 nitrogen and oxygen atoms in total. The Morgan fingerprint density at radius 2 is 1.95 bits per heavy atom. The molecule has 3 rings (SSSR count). The summed E-state index contributed by atoms with van der Waals surface area (Å²) >= 11 is 5.89. The summed E-state index contributed by atoms with van der Waals surface area (Å²) in [6.07, 6.45) is 3.28. The number of anilines is 1. The third-order valence-corrected chi connectivity index (χ3v) is 3.16. The van der Waals surface area contributed by atoms with Crippen LogP contribution >= 0.6 is 11.6 Å². The van der Waals surface area contributed by atoms with E-state index in [1.807, 2.05) is 35.9 Å². The fourth-order valence-corrected chi connectivity index (χ4v) is 2.13. The summed E-state index contributed by atoms with van der Waals surface area (Å²) in [4.78, 5) is 12.7. The molecule has 96 valence electrons. The van der Waals surface area contributed by atoms with Crippen LogP contribution in [0.25, 0.3) is 11.2 Å². The number of hydrogen-bond acceptors (Lipinski definition) is 4. The molecule has 3 aromatic rings. The minimum absolute atomic E-state index is 0.688. The first-order valence-corrected chi connectivity index (χ1v) is 6.24. The molecule has 2 aromatic heterocycles. The van der Waals surface area contributed by atoms with Crippen molar-refractivity contribution in [3.8, 4) is 0 Å². The van der Waals surface area contributed by atoms with E-state index in [1.54, 1.807) is 6.33 Å². The third-order valence-electron chi connectivity index (χ3n) is 2.91. The van der Waals surface area contributed by atoms with Gasteiger partial charge in [0.15, 0.2) is 11.5 Å². The number of nitrogens with zero attached hydrogens (tertiary/aromatic N) is 4. The summed E-state index contributed by atoms with van der Waals surface area (Å²) in [5.74, 6) is 0.775. The molecule has 6 heteroatoms. The van der Waals surface area contributed by atoms with Crippen LogP contribution in [0.15, 0.2) is 36.9 Å². The van der Waals surface area contributed by atoms with E-state index in [-0.39, 0.29) is 0 Å². The highest BCUT2D eigenvalue weighted by Crippen LogP contribution is 2.19. The van der Waals surface area contributed by atoms with Gasteiger partial charge in [0, 0.05) is 18.6 Å². The lowest BCUT2D eigenvalue weighted by atomic mass is 10.2. The highest BCUT2D eigenvalue weighted by Gasteiger charge is 2.09. The number of aromatic nitrogens is 4. The lowest BCUT2D eigenvalue weighted by Gasteiger charge is -2.07. The van der Waals surface area contributed by atoms with Gasteiger partial charge >= 0.3 is 0 Å². The van der Waals surface area contributed by atoms with E-state index in [0.29, 0.717) is 12.2 Å². The summed E-state index contributed by atoms with van der Waals surface area (Å²) in [7, 11) is 1.83. The normalized spacial score (nSPS) is 10.8. The van der Waals surface area contributed by atoms with E-state index in [1.165, 1.54) is 6.33 Å². The van der Waals surface area contributed by atoms with Crippen LogP contribution in [-0.2, 0) is 6.54 Å². The predicted molar refractivity (Wildman–Crippen MR) is 75.4 cm³/mol. The Morgan fingerprint density at radius 1 is 1.16 bits per heavy atom. The number of imidazole rings is 1. The summed E-state index contributed by atoms with van der Waals surface area (Å²) < 4.78 is 2.02. The van der Waals surface area contributed by atoms with Crippen molar-refractivity contribution in [1.82, 2.24) is 19.5 Å². The average molecular weight is 274 g/mol. The van der Waals surface area contributed by atoms with Gasteiger partial charge in [-0.05, 0) is 17.7 Å². The number of rotatable bonds is 3. The van der Waals surface area contributed by atoms with Crippen molar-refractivity contribution in [3.05, 3.63) is 47.5 Å². The van der Waals surface area contributed by atoms with Gasteiger partial charge in [-0.3, -0.25) is 0 Å². The Kier molecular flexibility index (Phi) is 3.05. The van der Waals surface area contributed by atoms with E-state index >= 15 is 0 Å². The average Bonchev–Trinajstić information content (AvgIpc) is 2.85. The maximum atomic E-state index is 5.89. The molecule has 2 heterocycles. The van der Waals surface area contributed by atoms with E-state index in [9.17, 15) is 0 Å². The van der Waals surface area contributed by atoms with E-state index < -0.39 is 0 Å². The molecule has 0 unspecified atom stereocenters. The van der Waals surface area contributed by atoms with Gasteiger partial charge in [-0.15, -0.1) is 0 Å². The lowest BCUT2D eigenvalue weighted by Crippen LogP contribution is -2.02. The molecular weight excluding hydrogens is 262 g/mol. The van der Waals surface area contributed by atoms with Crippen LogP contribution in [0.1, 0.15) is 5.56 Å². The van der Waals surface area contributed by atoms with Crippen molar-refractivity contribution in [1.29, 1.82) is 0 Å². The SMILES string of the molecule is CNc1ncnc2ncn(Cc3ccc(Cl)cc3)c12. The van der Waals surface area contributed by atoms with Crippen molar-refractivity contribution in [3.63, 3.8) is 0 Å². The van der Waals surface area contributed by atoms with Gasteiger partial charge in [0.1, 0.15) is 11.8 Å². The topological polar surface area (TPSA) is 55.6 Å². The van der Waals surface area contributed by atoms with E-state index in [4.69, 9.17) is 11.6 Å². The largest absolute Gasteiger partial charge is 0.371 e. The van der Waals surface area contributed by atoms with Crippen molar-refractivity contribution in [2.45, 2.75) is 6.54 Å². The Morgan fingerprint density at radius 3 is 2.68 bits per heavy atom. The number of hydrogen-bond donors (Lipinski definition) is 1. The molecule has 1 aromatic carbocycles. The molecule has 0 aliphatic rings. The Hall–Kier alpha value is -2.14. The van der Waals surface area contributed by atoms with Crippen molar-refractivity contribution < 1.29 is 0 Å². The maximum absolute atomic E-state index is 5.89. The highest BCUT2D eigenvalue weighted by atomic mass is 35.5. The monoisotopic (exact) mass is 273 g/mol. The first-order chi connectivity index (χ1) is 9.28.